The Kier molecular flexibility index (Phi) is 2.81. The van der Waals surface area contributed by atoms with Crippen molar-refractivity contribution in [3.05, 3.63) is 24.0 Å². The molecule has 0 radical (unpaired) electrons. The fourth-order valence-electron chi connectivity index (χ4n) is 1.83. The van der Waals surface area contributed by atoms with Gasteiger partial charge in [0.25, 0.3) is 0 Å². The summed E-state index contributed by atoms with van der Waals surface area (Å²) in [6.07, 6.45) is 6.62. The second-order valence-corrected chi connectivity index (χ2v) is 4.43. The van der Waals surface area contributed by atoms with Gasteiger partial charge in [-0.25, -0.2) is 4.79 Å². The standard InChI is InChI=1S/C12H16N2O2/c1-2-12(4-5-12)8-14-10-3-6-13-7-9(10)11(15)16/h3,6-7H,2,4-5,8H2,1H3,(H,13,14)(H,15,16). The molecule has 1 heterocycles. The Labute approximate surface area is 94.7 Å². The van der Waals surface area contributed by atoms with E-state index < -0.39 is 5.97 Å². The summed E-state index contributed by atoms with van der Waals surface area (Å²) in [5, 5.41) is 12.2. The second kappa shape index (κ2) is 4.12. The lowest BCUT2D eigenvalue weighted by atomic mass is 10.0. The third-order valence-corrected chi connectivity index (χ3v) is 3.41. The van der Waals surface area contributed by atoms with Crippen molar-refractivity contribution in [3.63, 3.8) is 0 Å². The van der Waals surface area contributed by atoms with Crippen LogP contribution in [0.1, 0.15) is 36.5 Å². The van der Waals surface area contributed by atoms with Crippen LogP contribution < -0.4 is 5.32 Å². The maximum Gasteiger partial charge on any atom is 0.339 e. The van der Waals surface area contributed by atoms with Gasteiger partial charge >= 0.3 is 5.97 Å². The molecule has 1 fully saturated rings. The van der Waals surface area contributed by atoms with Crippen LogP contribution >= 0.6 is 0 Å². The van der Waals surface area contributed by atoms with Gasteiger partial charge in [-0.15, -0.1) is 0 Å². The molecule has 0 bridgehead atoms. The molecule has 16 heavy (non-hydrogen) atoms. The van der Waals surface area contributed by atoms with E-state index in [4.69, 9.17) is 5.11 Å². The van der Waals surface area contributed by atoms with Crippen LogP contribution in [0.5, 0.6) is 0 Å². The van der Waals surface area contributed by atoms with Crippen molar-refractivity contribution in [3.8, 4) is 0 Å². The van der Waals surface area contributed by atoms with Crippen LogP contribution in [0.15, 0.2) is 18.5 Å². The summed E-state index contributed by atoms with van der Waals surface area (Å²) >= 11 is 0. The third-order valence-electron chi connectivity index (χ3n) is 3.41. The number of carboxylic acids is 1. The van der Waals surface area contributed by atoms with Crippen molar-refractivity contribution >= 4 is 11.7 Å². The van der Waals surface area contributed by atoms with E-state index >= 15 is 0 Å². The Morgan fingerprint density at radius 2 is 2.38 bits per heavy atom. The maximum absolute atomic E-state index is 11.0. The van der Waals surface area contributed by atoms with Crippen molar-refractivity contribution < 1.29 is 9.90 Å². The molecule has 2 rings (SSSR count). The molecule has 0 aliphatic heterocycles. The van der Waals surface area contributed by atoms with E-state index in [-0.39, 0.29) is 5.56 Å². The first-order chi connectivity index (χ1) is 7.67. The number of aromatic nitrogens is 1. The zero-order chi connectivity index (χ0) is 11.6. The Bertz CT molecular complexity index is 400. The van der Waals surface area contributed by atoms with Gasteiger partial charge in [-0.2, -0.15) is 0 Å². The lowest BCUT2D eigenvalue weighted by molar-refractivity contribution is 0.0697. The largest absolute Gasteiger partial charge is 0.478 e. The number of pyridine rings is 1. The van der Waals surface area contributed by atoms with Crippen LogP contribution in [0, 0.1) is 5.41 Å². The summed E-state index contributed by atoms with van der Waals surface area (Å²) in [7, 11) is 0. The summed E-state index contributed by atoms with van der Waals surface area (Å²) in [6.45, 7) is 3.03. The molecule has 0 amide bonds. The van der Waals surface area contributed by atoms with Gasteiger partial charge in [0.2, 0.25) is 0 Å². The number of carboxylic acid groups (broad SMARTS) is 1. The van der Waals surface area contributed by atoms with Crippen molar-refractivity contribution in [2.75, 3.05) is 11.9 Å². The average Bonchev–Trinajstić information content (AvgIpc) is 3.07. The molecule has 1 aliphatic carbocycles. The van der Waals surface area contributed by atoms with Crippen molar-refractivity contribution in [2.24, 2.45) is 5.41 Å². The highest BCUT2D eigenvalue weighted by molar-refractivity contribution is 5.93. The van der Waals surface area contributed by atoms with E-state index in [9.17, 15) is 4.79 Å². The number of nitrogens with zero attached hydrogens (tertiary/aromatic N) is 1. The Morgan fingerprint density at radius 1 is 1.62 bits per heavy atom. The fraction of sp³-hybridized carbons (Fsp3) is 0.500. The molecule has 1 saturated carbocycles. The smallest absolute Gasteiger partial charge is 0.339 e. The topological polar surface area (TPSA) is 62.2 Å². The molecule has 0 atom stereocenters. The van der Waals surface area contributed by atoms with Crippen LogP contribution in [0.2, 0.25) is 0 Å². The molecular weight excluding hydrogens is 204 g/mol. The highest BCUT2D eigenvalue weighted by Gasteiger charge is 2.40. The molecular formula is C12H16N2O2. The summed E-state index contributed by atoms with van der Waals surface area (Å²) in [4.78, 5) is 14.8. The predicted octanol–water partition coefficient (Wildman–Crippen LogP) is 2.38. The predicted molar refractivity (Wildman–Crippen MR) is 61.6 cm³/mol. The minimum Gasteiger partial charge on any atom is -0.478 e. The minimum atomic E-state index is -0.933. The van der Waals surface area contributed by atoms with E-state index in [1.54, 1.807) is 12.3 Å². The van der Waals surface area contributed by atoms with Crippen LogP contribution in [0.3, 0.4) is 0 Å². The molecule has 0 aromatic carbocycles. The van der Waals surface area contributed by atoms with Crippen LogP contribution in [-0.4, -0.2) is 22.6 Å². The Balaban J connectivity index is 2.06. The highest BCUT2D eigenvalue weighted by atomic mass is 16.4. The van der Waals surface area contributed by atoms with E-state index in [1.165, 1.54) is 19.0 Å². The first kappa shape index (κ1) is 10.9. The zero-order valence-corrected chi connectivity index (χ0v) is 9.36. The van der Waals surface area contributed by atoms with E-state index in [0.717, 1.165) is 13.0 Å². The van der Waals surface area contributed by atoms with Crippen LogP contribution in [0.25, 0.3) is 0 Å². The number of anilines is 1. The normalized spacial score (nSPS) is 16.8. The summed E-state index contributed by atoms with van der Waals surface area (Å²) in [5.74, 6) is -0.933. The molecule has 1 aromatic rings. The third kappa shape index (κ3) is 2.15. The molecule has 1 aromatic heterocycles. The van der Waals surface area contributed by atoms with Gasteiger partial charge in [0.1, 0.15) is 5.56 Å². The molecule has 0 spiro atoms. The first-order valence-electron chi connectivity index (χ1n) is 5.58. The molecule has 0 unspecified atom stereocenters. The summed E-state index contributed by atoms with van der Waals surface area (Å²) < 4.78 is 0. The minimum absolute atomic E-state index is 0.245. The second-order valence-electron chi connectivity index (χ2n) is 4.43. The quantitative estimate of drug-likeness (QED) is 0.799. The van der Waals surface area contributed by atoms with Gasteiger partial charge in [-0.3, -0.25) is 4.98 Å². The Morgan fingerprint density at radius 3 is 2.94 bits per heavy atom. The molecule has 2 N–H and O–H groups in total. The maximum atomic E-state index is 11.0. The molecule has 1 aliphatic rings. The van der Waals surface area contributed by atoms with Crippen molar-refractivity contribution in [2.45, 2.75) is 26.2 Å². The van der Waals surface area contributed by atoms with Crippen molar-refractivity contribution in [1.82, 2.24) is 4.98 Å². The number of aromatic carboxylic acids is 1. The average molecular weight is 220 g/mol. The lowest BCUT2D eigenvalue weighted by Crippen LogP contribution is -2.16. The Hall–Kier alpha value is -1.58. The summed E-state index contributed by atoms with van der Waals surface area (Å²) in [6, 6.07) is 1.72. The molecule has 4 heteroatoms. The van der Waals surface area contributed by atoms with Crippen LogP contribution in [-0.2, 0) is 0 Å². The summed E-state index contributed by atoms with van der Waals surface area (Å²) in [5.41, 5.74) is 1.32. The molecule has 4 nitrogen and oxygen atoms in total. The number of hydrogen-bond acceptors (Lipinski definition) is 3. The number of nitrogens with one attached hydrogen (secondary N) is 1. The molecule has 0 saturated heterocycles. The van der Waals surface area contributed by atoms with Gasteiger partial charge in [0.15, 0.2) is 0 Å². The van der Waals surface area contributed by atoms with E-state index in [2.05, 4.69) is 17.2 Å². The number of hydrogen-bond donors (Lipinski definition) is 2. The van der Waals surface area contributed by atoms with E-state index in [0.29, 0.717) is 11.1 Å². The van der Waals surface area contributed by atoms with Gasteiger partial charge < -0.3 is 10.4 Å². The molecule has 86 valence electrons. The van der Waals surface area contributed by atoms with Gasteiger partial charge in [-0.05, 0) is 30.7 Å². The van der Waals surface area contributed by atoms with Gasteiger partial charge in [0.05, 0.1) is 5.69 Å². The number of carbonyl (C=O) groups is 1. The highest BCUT2D eigenvalue weighted by Crippen LogP contribution is 2.48. The SMILES string of the molecule is CCC1(CNc2ccncc2C(=O)O)CC1. The van der Waals surface area contributed by atoms with Crippen LogP contribution in [0.4, 0.5) is 5.69 Å². The zero-order valence-electron chi connectivity index (χ0n) is 9.36. The monoisotopic (exact) mass is 220 g/mol. The van der Waals surface area contributed by atoms with E-state index in [1.807, 2.05) is 0 Å². The van der Waals surface area contributed by atoms with Gasteiger partial charge in [0, 0.05) is 18.9 Å². The van der Waals surface area contributed by atoms with Crippen molar-refractivity contribution in [1.29, 1.82) is 0 Å². The lowest BCUT2D eigenvalue weighted by Gasteiger charge is -2.15. The van der Waals surface area contributed by atoms with Gasteiger partial charge in [-0.1, -0.05) is 6.92 Å². The number of rotatable bonds is 5. The fourth-order valence-corrected chi connectivity index (χ4v) is 1.83. The first-order valence-corrected chi connectivity index (χ1v) is 5.58.